The summed E-state index contributed by atoms with van der Waals surface area (Å²) in [7, 11) is 0. The molecule has 0 fully saturated rings. The first kappa shape index (κ1) is 19.9. The van der Waals surface area contributed by atoms with Crippen LogP contribution in [-0.2, 0) is 22.6 Å². The number of fused-ring (bicyclic) bond motifs is 1. The van der Waals surface area contributed by atoms with Gasteiger partial charge in [0.25, 0.3) is 0 Å². The quantitative estimate of drug-likeness (QED) is 0.847. The Morgan fingerprint density at radius 3 is 2.61 bits per heavy atom. The van der Waals surface area contributed by atoms with E-state index in [4.69, 9.17) is 4.74 Å². The molecule has 0 saturated heterocycles. The van der Waals surface area contributed by atoms with Gasteiger partial charge in [0, 0.05) is 17.6 Å². The minimum Gasteiger partial charge on any atom is -0.492 e. The third-order valence-electron chi connectivity index (χ3n) is 4.99. The molecule has 0 bridgehead atoms. The SMILES string of the molecule is Cc1ccccc1CNC(=O)[C@@H]1COc2ccc(NC(=O)C(C)(C)C)cc2C1. The van der Waals surface area contributed by atoms with E-state index in [0.29, 0.717) is 19.6 Å². The molecule has 0 spiro atoms. The summed E-state index contributed by atoms with van der Waals surface area (Å²) in [5, 5.41) is 5.95. The van der Waals surface area contributed by atoms with E-state index in [9.17, 15) is 9.59 Å². The fourth-order valence-electron chi connectivity index (χ4n) is 3.09. The van der Waals surface area contributed by atoms with E-state index in [-0.39, 0.29) is 17.7 Å². The van der Waals surface area contributed by atoms with E-state index in [1.165, 1.54) is 0 Å². The Hall–Kier alpha value is -2.82. The van der Waals surface area contributed by atoms with Gasteiger partial charge in [-0.1, -0.05) is 45.0 Å². The Balaban J connectivity index is 1.64. The van der Waals surface area contributed by atoms with E-state index >= 15 is 0 Å². The number of amides is 2. The van der Waals surface area contributed by atoms with E-state index in [0.717, 1.165) is 28.1 Å². The van der Waals surface area contributed by atoms with Crippen LogP contribution in [0.5, 0.6) is 5.75 Å². The molecule has 0 radical (unpaired) electrons. The molecule has 0 aromatic heterocycles. The molecular weight excluding hydrogens is 352 g/mol. The highest BCUT2D eigenvalue weighted by Crippen LogP contribution is 2.30. The smallest absolute Gasteiger partial charge is 0.229 e. The first-order valence-corrected chi connectivity index (χ1v) is 9.63. The molecule has 1 atom stereocenters. The molecule has 2 N–H and O–H groups in total. The molecule has 0 unspecified atom stereocenters. The molecule has 2 aromatic carbocycles. The van der Waals surface area contributed by atoms with Crippen molar-refractivity contribution in [2.45, 2.75) is 40.7 Å². The molecule has 148 valence electrons. The number of hydrogen-bond acceptors (Lipinski definition) is 3. The number of anilines is 1. The van der Waals surface area contributed by atoms with E-state index in [1.54, 1.807) is 0 Å². The molecule has 1 aliphatic rings. The van der Waals surface area contributed by atoms with Crippen molar-refractivity contribution in [2.24, 2.45) is 11.3 Å². The van der Waals surface area contributed by atoms with Gasteiger partial charge < -0.3 is 15.4 Å². The van der Waals surface area contributed by atoms with Crippen LogP contribution in [0.15, 0.2) is 42.5 Å². The summed E-state index contributed by atoms with van der Waals surface area (Å²) in [6.45, 7) is 8.53. The zero-order chi connectivity index (χ0) is 20.3. The molecule has 1 aliphatic heterocycles. The molecule has 0 saturated carbocycles. The number of carbonyl (C=O) groups excluding carboxylic acids is 2. The van der Waals surface area contributed by atoms with Crippen LogP contribution < -0.4 is 15.4 Å². The molecule has 5 heteroatoms. The maximum absolute atomic E-state index is 12.6. The van der Waals surface area contributed by atoms with Crippen molar-refractivity contribution in [1.29, 1.82) is 0 Å². The van der Waals surface area contributed by atoms with Crippen molar-refractivity contribution in [3.8, 4) is 5.75 Å². The molecule has 0 aliphatic carbocycles. The summed E-state index contributed by atoms with van der Waals surface area (Å²) in [6.07, 6.45) is 0.591. The van der Waals surface area contributed by atoms with Crippen molar-refractivity contribution >= 4 is 17.5 Å². The Labute approximate surface area is 166 Å². The van der Waals surface area contributed by atoms with Crippen molar-refractivity contribution in [1.82, 2.24) is 5.32 Å². The first-order chi connectivity index (χ1) is 13.2. The monoisotopic (exact) mass is 380 g/mol. The van der Waals surface area contributed by atoms with Gasteiger partial charge in [-0.3, -0.25) is 9.59 Å². The van der Waals surface area contributed by atoms with Gasteiger partial charge >= 0.3 is 0 Å². The van der Waals surface area contributed by atoms with Crippen molar-refractivity contribution in [3.63, 3.8) is 0 Å². The molecule has 2 amide bonds. The maximum atomic E-state index is 12.6. The van der Waals surface area contributed by atoms with Crippen molar-refractivity contribution in [2.75, 3.05) is 11.9 Å². The van der Waals surface area contributed by atoms with Crippen LogP contribution >= 0.6 is 0 Å². The molecule has 2 aromatic rings. The third-order valence-corrected chi connectivity index (χ3v) is 4.99. The van der Waals surface area contributed by atoms with Gasteiger partial charge in [-0.2, -0.15) is 0 Å². The molecule has 1 heterocycles. The van der Waals surface area contributed by atoms with Crippen LogP contribution in [0, 0.1) is 18.3 Å². The van der Waals surface area contributed by atoms with Crippen molar-refractivity contribution < 1.29 is 14.3 Å². The lowest BCUT2D eigenvalue weighted by atomic mass is 9.94. The van der Waals surface area contributed by atoms with Crippen LogP contribution in [0.2, 0.25) is 0 Å². The Bertz CT molecular complexity index is 884. The van der Waals surface area contributed by atoms with Crippen LogP contribution in [0.25, 0.3) is 0 Å². The lowest BCUT2D eigenvalue weighted by Crippen LogP contribution is -2.37. The van der Waals surface area contributed by atoms with E-state index < -0.39 is 5.41 Å². The second kappa shape index (κ2) is 8.05. The van der Waals surface area contributed by atoms with Gasteiger partial charge in [-0.05, 0) is 48.2 Å². The Kier molecular flexibility index (Phi) is 5.73. The largest absolute Gasteiger partial charge is 0.492 e. The van der Waals surface area contributed by atoms with Gasteiger partial charge in [-0.25, -0.2) is 0 Å². The van der Waals surface area contributed by atoms with Crippen LogP contribution in [0.3, 0.4) is 0 Å². The summed E-state index contributed by atoms with van der Waals surface area (Å²) >= 11 is 0. The van der Waals surface area contributed by atoms with Crippen LogP contribution in [-0.4, -0.2) is 18.4 Å². The first-order valence-electron chi connectivity index (χ1n) is 9.63. The third kappa shape index (κ3) is 4.71. The standard InChI is InChI=1S/C23H28N2O3/c1-15-7-5-6-8-16(15)13-24-21(26)18-11-17-12-19(9-10-20(17)28-14-18)25-22(27)23(2,3)4/h5-10,12,18H,11,13-14H2,1-4H3,(H,24,26)(H,25,27)/t18-/m0/s1. The number of carbonyl (C=O) groups is 2. The molecule has 5 nitrogen and oxygen atoms in total. The molecule has 28 heavy (non-hydrogen) atoms. The minimum atomic E-state index is -0.468. The van der Waals surface area contributed by atoms with E-state index in [1.807, 2.05) is 70.2 Å². The average molecular weight is 380 g/mol. The Morgan fingerprint density at radius 1 is 1.14 bits per heavy atom. The predicted octanol–water partition coefficient (Wildman–Crippen LogP) is 3.85. The zero-order valence-corrected chi connectivity index (χ0v) is 17.0. The average Bonchev–Trinajstić information content (AvgIpc) is 2.65. The highest BCUT2D eigenvalue weighted by molar-refractivity contribution is 5.94. The number of rotatable bonds is 4. The number of benzene rings is 2. The fraction of sp³-hybridized carbons (Fsp3) is 0.391. The van der Waals surface area contributed by atoms with Gasteiger partial charge in [0.1, 0.15) is 12.4 Å². The zero-order valence-electron chi connectivity index (χ0n) is 17.0. The highest BCUT2D eigenvalue weighted by atomic mass is 16.5. The van der Waals surface area contributed by atoms with Crippen molar-refractivity contribution in [3.05, 3.63) is 59.2 Å². The lowest BCUT2D eigenvalue weighted by molar-refractivity contribution is -0.126. The fourth-order valence-corrected chi connectivity index (χ4v) is 3.09. The van der Waals surface area contributed by atoms with Gasteiger partial charge in [0.15, 0.2) is 0 Å². The Morgan fingerprint density at radius 2 is 1.89 bits per heavy atom. The summed E-state index contributed by atoms with van der Waals surface area (Å²) in [5.41, 5.74) is 3.47. The van der Waals surface area contributed by atoms with Gasteiger partial charge in [0.05, 0.1) is 5.92 Å². The lowest BCUT2D eigenvalue weighted by Gasteiger charge is -2.26. The minimum absolute atomic E-state index is 0.0157. The predicted molar refractivity (Wildman–Crippen MR) is 110 cm³/mol. The van der Waals surface area contributed by atoms with Crippen LogP contribution in [0.4, 0.5) is 5.69 Å². The number of nitrogens with one attached hydrogen (secondary N) is 2. The van der Waals surface area contributed by atoms with Crippen LogP contribution in [0.1, 0.15) is 37.5 Å². The summed E-state index contributed by atoms with van der Waals surface area (Å²) in [5.74, 6) is 0.469. The van der Waals surface area contributed by atoms with Gasteiger partial charge in [0.2, 0.25) is 11.8 Å². The number of aryl methyl sites for hydroxylation is 1. The second-order valence-electron chi connectivity index (χ2n) is 8.38. The summed E-state index contributed by atoms with van der Waals surface area (Å²) < 4.78 is 5.79. The molecular formula is C23H28N2O3. The number of ether oxygens (including phenoxy) is 1. The topological polar surface area (TPSA) is 67.4 Å². The second-order valence-corrected chi connectivity index (χ2v) is 8.38. The number of hydrogen-bond donors (Lipinski definition) is 2. The normalized spacial score (nSPS) is 15.9. The van der Waals surface area contributed by atoms with Gasteiger partial charge in [-0.15, -0.1) is 0 Å². The van der Waals surface area contributed by atoms with E-state index in [2.05, 4.69) is 10.6 Å². The molecule has 3 rings (SSSR count). The maximum Gasteiger partial charge on any atom is 0.229 e. The summed E-state index contributed by atoms with van der Waals surface area (Å²) in [4.78, 5) is 24.8. The summed E-state index contributed by atoms with van der Waals surface area (Å²) in [6, 6.07) is 13.6. The highest BCUT2D eigenvalue weighted by Gasteiger charge is 2.27.